The Hall–Kier alpha value is -1.72. The smallest absolute Gasteiger partial charge is 0.356 e. The molecule has 1 N–H and O–H groups in total. The fourth-order valence-corrected chi connectivity index (χ4v) is 4.18. The number of hydrogen-bond acceptors (Lipinski definition) is 4. The van der Waals surface area contributed by atoms with Crippen LogP contribution in [0.3, 0.4) is 0 Å². The molecular formula is C15H13NO2S2. The SMILES string of the molecule is CC(C)c1nc(C(=O)O)c(-c2csc3ccccc23)s1. The van der Waals surface area contributed by atoms with E-state index < -0.39 is 5.97 Å². The number of aromatic carboxylic acids is 1. The molecule has 102 valence electrons. The maximum absolute atomic E-state index is 11.4. The van der Waals surface area contributed by atoms with Crippen LogP contribution in [0.25, 0.3) is 20.5 Å². The number of rotatable bonds is 3. The van der Waals surface area contributed by atoms with E-state index in [9.17, 15) is 9.90 Å². The molecule has 0 spiro atoms. The second kappa shape index (κ2) is 5.00. The number of nitrogens with zero attached hydrogens (tertiary/aromatic N) is 1. The summed E-state index contributed by atoms with van der Waals surface area (Å²) < 4.78 is 1.17. The Morgan fingerprint density at radius 2 is 2.05 bits per heavy atom. The van der Waals surface area contributed by atoms with Gasteiger partial charge in [0.1, 0.15) is 0 Å². The van der Waals surface area contributed by atoms with E-state index in [0.29, 0.717) is 0 Å². The minimum absolute atomic E-state index is 0.169. The third-order valence-corrected chi connectivity index (χ3v) is 5.42. The molecule has 1 aromatic carbocycles. The van der Waals surface area contributed by atoms with Crippen molar-refractivity contribution in [3.63, 3.8) is 0 Å². The molecule has 0 aliphatic carbocycles. The van der Waals surface area contributed by atoms with E-state index >= 15 is 0 Å². The summed E-state index contributed by atoms with van der Waals surface area (Å²) in [6, 6.07) is 8.05. The summed E-state index contributed by atoms with van der Waals surface area (Å²) in [6.07, 6.45) is 0. The van der Waals surface area contributed by atoms with E-state index in [1.54, 1.807) is 11.3 Å². The molecule has 0 unspecified atom stereocenters. The third-order valence-electron chi connectivity index (χ3n) is 3.07. The van der Waals surface area contributed by atoms with E-state index in [-0.39, 0.29) is 11.6 Å². The van der Waals surface area contributed by atoms with Gasteiger partial charge in [0.2, 0.25) is 0 Å². The van der Waals surface area contributed by atoms with Crippen molar-refractivity contribution in [2.75, 3.05) is 0 Å². The van der Waals surface area contributed by atoms with Crippen LogP contribution in [-0.4, -0.2) is 16.1 Å². The molecule has 3 nitrogen and oxygen atoms in total. The minimum Gasteiger partial charge on any atom is -0.476 e. The highest BCUT2D eigenvalue weighted by molar-refractivity contribution is 7.19. The molecule has 0 fully saturated rings. The summed E-state index contributed by atoms with van der Waals surface area (Å²) in [5.41, 5.74) is 1.15. The number of fused-ring (bicyclic) bond motifs is 1. The quantitative estimate of drug-likeness (QED) is 0.752. The van der Waals surface area contributed by atoms with E-state index in [4.69, 9.17) is 0 Å². The summed E-state index contributed by atoms with van der Waals surface area (Å²) >= 11 is 3.12. The van der Waals surface area contributed by atoms with Crippen LogP contribution in [0.1, 0.15) is 35.3 Å². The lowest BCUT2D eigenvalue weighted by Crippen LogP contribution is -1.99. The van der Waals surface area contributed by atoms with Crippen LogP contribution < -0.4 is 0 Å². The highest BCUT2D eigenvalue weighted by Crippen LogP contribution is 2.40. The van der Waals surface area contributed by atoms with Crippen molar-refractivity contribution in [2.45, 2.75) is 19.8 Å². The van der Waals surface area contributed by atoms with Crippen LogP contribution in [0.15, 0.2) is 29.6 Å². The van der Waals surface area contributed by atoms with E-state index in [1.807, 2.05) is 43.5 Å². The van der Waals surface area contributed by atoms with Crippen molar-refractivity contribution in [2.24, 2.45) is 0 Å². The number of thiophene rings is 1. The zero-order valence-electron chi connectivity index (χ0n) is 11.1. The van der Waals surface area contributed by atoms with Gasteiger partial charge in [-0.3, -0.25) is 0 Å². The normalized spacial score (nSPS) is 11.3. The van der Waals surface area contributed by atoms with Crippen molar-refractivity contribution in [1.82, 2.24) is 4.98 Å². The van der Waals surface area contributed by atoms with Crippen LogP contribution >= 0.6 is 22.7 Å². The van der Waals surface area contributed by atoms with Crippen molar-refractivity contribution in [1.29, 1.82) is 0 Å². The summed E-state index contributed by atoms with van der Waals surface area (Å²) in [5.74, 6) is -0.727. The molecule has 20 heavy (non-hydrogen) atoms. The summed E-state index contributed by atoms with van der Waals surface area (Å²) in [4.78, 5) is 16.5. The topological polar surface area (TPSA) is 50.2 Å². The second-order valence-corrected chi connectivity index (χ2v) is 6.78. The molecule has 0 saturated carbocycles. The molecule has 0 atom stereocenters. The molecular weight excluding hydrogens is 290 g/mol. The maximum atomic E-state index is 11.4. The molecule has 5 heteroatoms. The number of carboxylic acid groups (broad SMARTS) is 1. The number of thiazole rings is 1. The highest BCUT2D eigenvalue weighted by Gasteiger charge is 2.22. The lowest BCUT2D eigenvalue weighted by atomic mass is 10.1. The molecule has 0 radical (unpaired) electrons. The highest BCUT2D eigenvalue weighted by atomic mass is 32.1. The Balaban J connectivity index is 2.25. The first kappa shape index (κ1) is 13.3. The summed E-state index contributed by atoms with van der Waals surface area (Å²) in [6.45, 7) is 4.06. The fraction of sp³-hybridized carbons (Fsp3) is 0.200. The van der Waals surface area contributed by atoms with Crippen molar-refractivity contribution in [3.8, 4) is 10.4 Å². The van der Waals surface area contributed by atoms with Gasteiger partial charge in [0, 0.05) is 26.9 Å². The van der Waals surface area contributed by atoms with Gasteiger partial charge in [0.15, 0.2) is 5.69 Å². The molecule has 0 saturated heterocycles. The van der Waals surface area contributed by atoms with Crippen molar-refractivity contribution in [3.05, 3.63) is 40.3 Å². The first-order valence-corrected chi connectivity index (χ1v) is 7.98. The number of hydrogen-bond donors (Lipinski definition) is 1. The molecule has 3 rings (SSSR count). The molecule has 0 bridgehead atoms. The van der Waals surface area contributed by atoms with Crippen LogP contribution in [0.2, 0.25) is 0 Å². The summed E-state index contributed by atoms with van der Waals surface area (Å²) in [7, 11) is 0. The Kier molecular flexibility index (Phi) is 3.31. The predicted molar refractivity (Wildman–Crippen MR) is 84.0 cm³/mol. The largest absolute Gasteiger partial charge is 0.476 e. The second-order valence-electron chi connectivity index (χ2n) is 4.84. The number of benzene rings is 1. The first-order valence-electron chi connectivity index (χ1n) is 6.28. The number of aromatic nitrogens is 1. The Bertz CT molecular complexity index is 786. The average Bonchev–Trinajstić information content (AvgIpc) is 3.02. The molecule has 3 aromatic rings. The Morgan fingerprint density at radius 1 is 1.30 bits per heavy atom. The van der Waals surface area contributed by atoms with Gasteiger partial charge in [-0.2, -0.15) is 0 Å². The van der Waals surface area contributed by atoms with E-state index in [1.165, 1.54) is 16.0 Å². The zero-order chi connectivity index (χ0) is 14.3. The van der Waals surface area contributed by atoms with E-state index in [0.717, 1.165) is 20.8 Å². The van der Waals surface area contributed by atoms with Crippen LogP contribution in [0, 0.1) is 0 Å². The lowest BCUT2D eigenvalue weighted by Gasteiger charge is -1.97. The number of carbonyl (C=O) groups is 1. The van der Waals surface area contributed by atoms with Gasteiger partial charge in [-0.25, -0.2) is 9.78 Å². The van der Waals surface area contributed by atoms with Gasteiger partial charge in [-0.05, 0) is 6.07 Å². The predicted octanol–water partition coefficient (Wildman–Crippen LogP) is 4.85. The van der Waals surface area contributed by atoms with Gasteiger partial charge in [-0.15, -0.1) is 22.7 Å². The first-order chi connectivity index (χ1) is 9.58. The standard InChI is InChI=1S/C15H13NO2S2/c1-8(2)14-16-12(15(17)18)13(20-14)10-7-19-11-6-4-3-5-9(10)11/h3-8H,1-2H3,(H,17,18). The lowest BCUT2D eigenvalue weighted by molar-refractivity contribution is 0.0692. The maximum Gasteiger partial charge on any atom is 0.356 e. The molecule has 2 heterocycles. The third kappa shape index (κ3) is 2.13. The van der Waals surface area contributed by atoms with Crippen LogP contribution in [-0.2, 0) is 0 Å². The Morgan fingerprint density at radius 3 is 2.75 bits per heavy atom. The fourth-order valence-electron chi connectivity index (χ4n) is 2.06. The Labute approximate surface area is 124 Å². The van der Waals surface area contributed by atoms with Gasteiger partial charge >= 0.3 is 5.97 Å². The van der Waals surface area contributed by atoms with Gasteiger partial charge in [0.25, 0.3) is 0 Å². The van der Waals surface area contributed by atoms with E-state index in [2.05, 4.69) is 4.98 Å². The van der Waals surface area contributed by atoms with Crippen molar-refractivity contribution >= 4 is 38.7 Å². The number of carboxylic acids is 1. The van der Waals surface area contributed by atoms with Crippen LogP contribution in [0.5, 0.6) is 0 Å². The molecule has 2 aromatic heterocycles. The van der Waals surface area contributed by atoms with Gasteiger partial charge < -0.3 is 5.11 Å². The molecule has 0 aliphatic heterocycles. The van der Waals surface area contributed by atoms with Crippen molar-refractivity contribution < 1.29 is 9.90 Å². The average molecular weight is 303 g/mol. The summed E-state index contributed by atoms with van der Waals surface area (Å²) in [5, 5.41) is 13.4. The molecule has 0 aliphatic rings. The zero-order valence-corrected chi connectivity index (χ0v) is 12.7. The van der Waals surface area contributed by atoms with Gasteiger partial charge in [0.05, 0.1) is 9.88 Å². The monoisotopic (exact) mass is 303 g/mol. The van der Waals surface area contributed by atoms with Crippen LogP contribution in [0.4, 0.5) is 0 Å². The minimum atomic E-state index is -0.960. The van der Waals surface area contributed by atoms with Gasteiger partial charge in [-0.1, -0.05) is 32.0 Å². The molecule has 0 amide bonds.